The summed E-state index contributed by atoms with van der Waals surface area (Å²) in [5.74, 6) is 1.01. The molecule has 0 aromatic heterocycles. The summed E-state index contributed by atoms with van der Waals surface area (Å²) in [6, 6.07) is 17.7. The Morgan fingerprint density at radius 1 is 1.00 bits per heavy atom. The van der Waals surface area contributed by atoms with Gasteiger partial charge in [-0.2, -0.15) is 0 Å². The Kier molecular flexibility index (Phi) is 11.1. The third-order valence-electron chi connectivity index (χ3n) is 6.65. The average molecular weight is 456 g/mol. The standard InChI is InChI=1S/C33H45N/c1-9-10-12-26(5)32-13-11-14-33(23-32)34-29(8)17-20-31(24(2)3)22-28(7)27(6)21-30-18-15-25(4)16-19-30/h11,13-20,23,26-27,34H,2,7,9-10,12,21-22H2,1,3-6,8H3/b29-17+,31-20-. The first-order valence-electron chi connectivity index (χ1n) is 12.8. The molecule has 0 radical (unpaired) electrons. The van der Waals surface area contributed by atoms with Gasteiger partial charge in [0.2, 0.25) is 0 Å². The molecule has 182 valence electrons. The van der Waals surface area contributed by atoms with Crippen LogP contribution in [0.3, 0.4) is 0 Å². The molecule has 0 saturated heterocycles. The molecule has 2 unspecified atom stereocenters. The molecule has 1 heteroatoms. The van der Waals surface area contributed by atoms with Gasteiger partial charge in [-0.3, -0.25) is 0 Å². The quantitative estimate of drug-likeness (QED) is 0.234. The number of hydrogen-bond acceptors (Lipinski definition) is 1. The van der Waals surface area contributed by atoms with Crippen LogP contribution in [0.5, 0.6) is 0 Å². The first kappa shape index (κ1) is 27.4. The van der Waals surface area contributed by atoms with E-state index in [1.807, 2.05) is 0 Å². The second kappa shape index (κ2) is 13.8. The lowest BCUT2D eigenvalue weighted by atomic mass is 9.88. The summed E-state index contributed by atoms with van der Waals surface area (Å²) in [4.78, 5) is 0. The highest BCUT2D eigenvalue weighted by Crippen LogP contribution is 2.26. The van der Waals surface area contributed by atoms with E-state index in [0.717, 1.165) is 29.8 Å². The Balaban J connectivity index is 2.03. The molecule has 2 aromatic carbocycles. The number of allylic oxidation sites excluding steroid dienone is 6. The first-order chi connectivity index (χ1) is 16.2. The molecule has 0 amide bonds. The highest BCUT2D eigenvalue weighted by atomic mass is 14.9. The summed E-state index contributed by atoms with van der Waals surface area (Å²) in [5, 5.41) is 3.57. The fourth-order valence-corrected chi connectivity index (χ4v) is 4.09. The predicted molar refractivity (Wildman–Crippen MR) is 152 cm³/mol. The van der Waals surface area contributed by atoms with Gasteiger partial charge in [-0.25, -0.2) is 0 Å². The monoisotopic (exact) mass is 455 g/mol. The van der Waals surface area contributed by atoms with E-state index in [0.29, 0.717) is 11.8 Å². The lowest BCUT2D eigenvalue weighted by molar-refractivity contribution is 0.624. The van der Waals surface area contributed by atoms with Crippen molar-refractivity contribution in [2.45, 2.75) is 79.6 Å². The van der Waals surface area contributed by atoms with E-state index < -0.39 is 0 Å². The highest BCUT2D eigenvalue weighted by Gasteiger charge is 2.11. The Morgan fingerprint density at radius 2 is 1.71 bits per heavy atom. The zero-order chi connectivity index (χ0) is 25.1. The molecule has 0 fully saturated rings. The van der Waals surface area contributed by atoms with Crippen LogP contribution < -0.4 is 5.32 Å². The second-order valence-corrected chi connectivity index (χ2v) is 10.0. The van der Waals surface area contributed by atoms with Crippen molar-refractivity contribution in [1.29, 1.82) is 0 Å². The number of hydrogen-bond donors (Lipinski definition) is 1. The molecule has 2 rings (SSSR count). The van der Waals surface area contributed by atoms with Crippen molar-refractivity contribution in [3.63, 3.8) is 0 Å². The van der Waals surface area contributed by atoms with Crippen LogP contribution in [0.25, 0.3) is 0 Å². The first-order valence-corrected chi connectivity index (χ1v) is 12.8. The zero-order valence-electron chi connectivity index (χ0n) is 22.4. The van der Waals surface area contributed by atoms with Crippen LogP contribution in [0.2, 0.25) is 0 Å². The Bertz CT molecular complexity index is 1000. The van der Waals surface area contributed by atoms with Gasteiger partial charge in [-0.15, -0.1) is 0 Å². The predicted octanol–water partition coefficient (Wildman–Crippen LogP) is 9.93. The average Bonchev–Trinajstić information content (AvgIpc) is 2.81. The van der Waals surface area contributed by atoms with Crippen molar-refractivity contribution in [2.75, 3.05) is 5.32 Å². The topological polar surface area (TPSA) is 12.0 Å². The van der Waals surface area contributed by atoms with Crippen LogP contribution in [0.15, 0.2) is 96.3 Å². The lowest BCUT2D eigenvalue weighted by Crippen LogP contribution is -2.04. The fourth-order valence-electron chi connectivity index (χ4n) is 4.09. The summed E-state index contributed by atoms with van der Waals surface area (Å²) < 4.78 is 0. The minimum Gasteiger partial charge on any atom is -0.359 e. The second-order valence-electron chi connectivity index (χ2n) is 10.0. The van der Waals surface area contributed by atoms with Gasteiger partial charge in [-0.05, 0) is 86.8 Å². The van der Waals surface area contributed by atoms with Gasteiger partial charge in [0.1, 0.15) is 0 Å². The number of benzene rings is 2. The van der Waals surface area contributed by atoms with E-state index >= 15 is 0 Å². The molecule has 0 aliphatic heterocycles. The zero-order valence-corrected chi connectivity index (χ0v) is 22.4. The van der Waals surface area contributed by atoms with Crippen LogP contribution in [-0.4, -0.2) is 0 Å². The van der Waals surface area contributed by atoms with E-state index in [4.69, 9.17) is 0 Å². The maximum absolute atomic E-state index is 4.41. The van der Waals surface area contributed by atoms with Crippen molar-refractivity contribution in [3.05, 3.63) is 113 Å². The molecular weight excluding hydrogens is 410 g/mol. The summed E-state index contributed by atoms with van der Waals surface area (Å²) in [5.41, 5.74) is 9.93. The SMILES string of the molecule is C=C(C)/C(=C\C=C(/C)Nc1cccc(C(C)CCCC)c1)CC(=C)C(C)Cc1ccc(C)cc1. The van der Waals surface area contributed by atoms with Crippen LogP contribution in [0, 0.1) is 12.8 Å². The van der Waals surface area contributed by atoms with Gasteiger partial charge < -0.3 is 5.32 Å². The van der Waals surface area contributed by atoms with Crippen LogP contribution >= 0.6 is 0 Å². The number of nitrogens with one attached hydrogen (secondary N) is 1. The molecule has 0 saturated carbocycles. The third-order valence-corrected chi connectivity index (χ3v) is 6.65. The Morgan fingerprint density at radius 3 is 2.35 bits per heavy atom. The van der Waals surface area contributed by atoms with E-state index in [1.165, 1.54) is 47.1 Å². The summed E-state index contributed by atoms with van der Waals surface area (Å²) >= 11 is 0. The minimum atomic E-state index is 0.422. The normalized spacial score (nSPS) is 13.9. The Hall–Kier alpha value is -2.80. The van der Waals surface area contributed by atoms with Gasteiger partial charge in [0.15, 0.2) is 0 Å². The van der Waals surface area contributed by atoms with Gasteiger partial charge in [0.25, 0.3) is 0 Å². The molecule has 0 heterocycles. The molecular formula is C33H45N. The van der Waals surface area contributed by atoms with Gasteiger partial charge >= 0.3 is 0 Å². The van der Waals surface area contributed by atoms with Crippen LogP contribution in [-0.2, 0) is 6.42 Å². The van der Waals surface area contributed by atoms with E-state index in [2.05, 4.69) is 121 Å². The molecule has 0 bridgehead atoms. The van der Waals surface area contributed by atoms with Crippen LogP contribution in [0.4, 0.5) is 5.69 Å². The molecule has 1 N–H and O–H groups in total. The maximum atomic E-state index is 4.41. The van der Waals surface area contributed by atoms with Crippen molar-refractivity contribution in [3.8, 4) is 0 Å². The van der Waals surface area contributed by atoms with Crippen molar-refractivity contribution >= 4 is 5.69 Å². The number of unbranched alkanes of at least 4 members (excludes halogenated alkanes) is 1. The molecule has 0 aliphatic carbocycles. The molecule has 34 heavy (non-hydrogen) atoms. The largest absolute Gasteiger partial charge is 0.359 e. The van der Waals surface area contributed by atoms with Crippen LogP contribution in [0.1, 0.15) is 82.9 Å². The minimum absolute atomic E-state index is 0.422. The van der Waals surface area contributed by atoms with Crippen molar-refractivity contribution in [1.82, 2.24) is 0 Å². The molecule has 2 aromatic rings. The van der Waals surface area contributed by atoms with Gasteiger partial charge in [0, 0.05) is 11.4 Å². The maximum Gasteiger partial charge on any atom is 0.0384 e. The fraction of sp³-hybridized carbons (Fsp3) is 0.394. The van der Waals surface area contributed by atoms with E-state index in [-0.39, 0.29) is 0 Å². The summed E-state index contributed by atoms with van der Waals surface area (Å²) in [7, 11) is 0. The lowest BCUT2D eigenvalue weighted by Gasteiger charge is -2.17. The number of aryl methyl sites for hydroxylation is 1. The summed E-state index contributed by atoms with van der Waals surface area (Å²) in [6.45, 7) is 21.8. The van der Waals surface area contributed by atoms with E-state index in [9.17, 15) is 0 Å². The van der Waals surface area contributed by atoms with Crippen molar-refractivity contribution in [2.24, 2.45) is 5.92 Å². The van der Waals surface area contributed by atoms with E-state index in [1.54, 1.807) is 0 Å². The van der Waals surface area contributed by atoms with Gasteiger partial charge in [0.05, 0.1) is 0 Å². The number of rotatable bonds is 13. The van der Waals surface area contributed by atoms with Gasteiger partial charge in [-0.1, -0.05) is 106 Å². The molecule has 2 atom stereocenters. The molecule has 0 spiro atoms. The molecule has 1 nitrogen and oxygen atoms in total. The molecule has 0 aliphatic rings. The summed E-state index contributed by atoms with van der Waals surface area (Å²) in [6.07, 6.45) is 10.0. The number of anilines is 1. The van der Waals surface area contributed by atoms with Crippen molar-refractivity contribution < 1.29 is 0 Å². The Labute approximate surface area is 209 Å². The smallest absolute Gasteiger partial charge is 0.0384 e. The third kappa shape index (κ3) is 9.21. The highest BCUT2D eigenvalue weighted by molar-refractivity contribution is 5.51.